The van der Waals surface area contributed by atoms with Gasteiger partial charge in [0, 0.05) is 12.5 Å². The summed E-state index contributed by atoms with van der Waals surface area (Å²) in [4.78, 5) is 29.5. The number of nitrogens with zero attached hydrogens (tertiary/aromatic N) is 4. The maximum absolute atomic E-state index is 12.5. The quantitative estimate of drug-likeness (QED) is 0.891. The third-order valence-corrected chi connectivity index (χ3v) is 4.68. The van der Waals surface area contributed by atoms with Gasteiger partial charge in [0.1, 0.15) is 18.7 Å². The van der Waals surface area contributed by atoms with E-state index in [0.29, 0.717) is 18.9 Å². The summed E-state index contributed by atoms with van der Waals surface area (Å²) in [6, 6.07) is -0.538. The van der Waals surface area contributed by atoms with Crippen molar-refractivity contribution in [2.75, 3.05) is 0 Å². The summed E-state index contributed by atoms with van der Waals surface area (Å²) in [6.45, 7) is 0.444. The fraction of sp³-hybridized carbons (Fsp3) is 0.714. The Hall–Kier alpha value is -1.92. The average Bonchev–Trinajstić information content (AvgIpc) is 3.11. The van der Waals surface area contributed by atoms with Crippen LogP contribution in [0.3, 0.4) is 0 Å². The number of aromatic nitrogens is 3. The van der Waals surface area contributed by atoms with Crippen LogP contribution in [0.2, 0.25) is 0 Å². The predicted molar refractivity (Wildman–Crippen MR) is 73.3 cm³/mol. The van der Waals surface area contributed by atoms with Gasteiger partial charge >= 0.3 is 5.97 Å². The van der Waals surface area contributed by atoms with E-state index in [9.17, 15) is 14.7 Å². The van der Waals surface area contributed by atoms with Crippen molar-refractivity contribution in [3.8, 4) is 0 Å². The van der Waals surface area contributed by atoms with Gasteiger partial charge in [0.25, 0.3) is 0 Å². The van der Waals surface area contributed by atoms with E-state index in [1.165, 1.54) is 6.33 Å². The van der Waals surface area contributed by atoms with Crippen LogP contribution in [0.1, 0.15) is 38.5 Å². The molecule has 1 aromatic heterocycles. The third-order valence-electron chi connectivity index (χ3n) is 4.68. The summed E-state index contributed by atoms with van der Waals surface area (Å²) >= 11 is 0. The lowest BCUT2D eigenvalue weighted by atomic mass is 9.84. The summed E-state index contributed by atoms with van der Waals surface area (Å²) in [5.74, 6) is -0.596. The Labute approximate surface area is 123 Å². The normalized spacial score (nSPS) is 28.4. The Morgan fingerprint density at radius 1 is 1.29 bits per heavy atom. The number of aliphatic carboxylic acids is 1. The van der Waals surface area contributed by atoms with Crippen molar-refractivity contribution < 1.29 is 14.7 Å². The molecular formula is C14H20N4O3. The average molecular weight is 292 g/mol. The number of fused-ring (bicyclic) bond motifs is 1. The topological polar surface area (TPSA) is 88.3 Å². The Balaban J connectivity index is 1.70. The number of hydrogen-bond donors (Lipinski definition) is 1. The highest BCUT2D eigenvalue weighted by atomic mass is 16.4. The van der Waals surface area contributed by atoms with E-state index in [1.807, 2.05) is 0 Å². The Bertz CT molecular complexity index is 516. The molecule has 1 N–H and O–H groups in total. The molecule has 1 saturated heterocycles. The van der Waals surface area contributed by atoms with Crippen LogP contribution in [0, 0.1) is 5.92 Å². The molecule has 0 unspecified atom stereocenters. The first-order valence-corrected chi connectivity index (χ1v) is 7.53. The smallest absolute Gasteiger partial charge is 0.326 e. The number of carbonyl (C=O) groups is 2. The molecule has 114 valence electrons. The number of likely N-dealkylation sites (tertiary alicyclic amines) is 1. The second-order valence-electron chi connectivity index (χ2n) is 5.91. The highest BCUT2D eigenvalue weighted by molar-refractivity contribution is 5.84. The Kier molecular flexibility index (Phi) is 3.90. The molecule has 0 aromatic carbocycles. The minimum Gasteiger partial charge on any atom is -0.480 e. The summed E-state index contributed by atoms with van der Waals surface area (Å²) < 4.78 is 1.60. The van der Waals surface area contributed by atoms with Gasteiger partial charge in [0.15, 0.2) is 0 Å². The number of amides is 1. The Morgan fingerprint density at radius 3 is 2.81 bits per heavy atom. The minimum atomic E-state index is -0.876. The van der Waals surface area contributed by atoms with Crippen LogP contribution < -0.4 is 0 Å². The lowest BCUT2D eigenvalue weighted by Crippen LogP contribution is -2.46. The van der Waals surface area contributed by atoms with Gasteiger partial charge in [-0.2, -0.15) is 5.10 Å². The molecule has 0 spiro atoms. The van der Waals surface area contributed by atoms with Crippen molar-refractivity contribution in [2.24, 2.45) is 5.92 Å². The van der Waals surface area contributed by atoms with E-state index in [1.54, 1.807) is 15.9 Å². The fourth-order valence-corrected chi connectivity index (χ4v) is 3.73. The van der Waals surface area contributed by atoms with Crippen LogP contribution in [0.25, 0.3) is 0 Å². The van der Waals surface area contributed by atoms with Crippen LogP contribution in [0.5, 0.6) is 0 Å². The SMILES string of the molecule is O=C(O)[C@@H]1C[C@@H]2CCCC[C@H]2N1C(=O)CCn1cncn1. The number of carboxylic acid groups (broad SMARTS) is 1. The number of aryl methyl sites for hydroxylation is 1. The second kappa shape index (κ2) is 5.83. The monoisotopic (exact) mass is 292 g/mol. The lowest BCUT2D eigenvalue weighted by Gasteiger charge is -2.33. The molecule has 1 saturated carbocycles. The zero-order valence-corrected chi connectivity index (χ0v) is 11.9. The lowest BCUT2D eigenvalue weighted by molar-refractivity contribution is -0.150. The maximum Gasteiger partial charge on any atom is 0.326 e. The molecule has 0 radical (unpaired) electrons. The van der Waals surface area contributed by atoms with Crippen molar-refractivity contribution >= 4 is 11.9 Å². The molecule has 2 aliphatic rings. The molecule has 0 bridgehead atoms. The molecule has 3 atom stereocenters. The molecule has 7 nitrogen and oxygen atoms in total. The van der Waals surface area contributed by atoms with Crippen LogP contribution in [-0.4, -0.2) is 48.7 Å². The largest absolute Gasteiger partial charge is 0.480 e. The molecule has 2 fully saturated rings. The van der Waals surface area contributed by atoms with Crippen LogP contribution in [-0.2, 0) is 16.1 Å². The highest BCUT2D eigenvalue weighted by Crippen LogP contribution is 2.40. The zero-order valence-electron chi connectivity index (χ0n) is 11.9. The molecule has 2 heterocycles. The van der Waals surface area contributed by atoms with Crippen LogP contribution >= 0.6 is 0 Å². The van der Waals surface area contributed by atoms with Gasteiger partial charge in [-0.15, -0.1) is 0 Å². The van der Waals surface area contributed by atoms with Crippen LogP contribution in [0.15, 0.2) is 12.7 Å². The number of hydrogen-bond acceptors (Lipinski definition) is 4. The third kappa shape index (κ3) is 2.77. The minimum absolute atomic E-state index is 0.0766. The first-order chi connectivity index (χ1) is 10.2. The van der Waals surface area contributed by atoms with Gasteiger partial charge in [-0.25, -0.2) is 9.78 Å². The van der Waals surface area contributed by atoms with E-state index in [0.717, 1.165) is 25.7 Å². The van der Waals surface area contributed by atoms with Crippen molar-refractivity contribution in [3.05, 3.63) is 12.7 Å². The van der Waals surface area contributed by atoms with Gasteiger partial charge < -0.3 is 10.0 Å². The molecule has 1 amide bonds. The molecule has 21 heavy (non-hydrogen) atoms. The van der Waals surface area contributed by atoms with Gasteiger partial charge in [0.05, 0.1) is 6.54 Å². The van der Waals surface area contributed by atoms with E-state index in [4.69, 9.17) is 0 Å². The maximum atomic E-state index is 12.5. The van der Waals surface area contributed by atoms with Crippen molar-refractivity contribution in [3.63, 3.8) is 0 Å². The van der Waals surface area contributed by atoms with E-state index in [2.05, 4.69) is 10.1 Å². The van der Waals surface area contributed by atoms with Gasteiger partial charge in [-0.3, -0.25) is 9.48 Å². The summed E-state index contributed by atoms with van der Waals surface area (Å²) in [5, 5.41) is 13.4. The first kappa shape index (κ1) is 14.0. The number of carbonyl (C=O) groups excluding carboxylic acids is 1. The highest BCUT2D eigenvalue weighted by Gasteiger charge is 2.47. The van der Waals surface area contributed by atoms with Crippen molar-refractivity contribution in [1.29, 1.82) is 0 Å². The predicted octanol–water partition coefficient (Wildman–Crippen LogP) is 0.912. The molecule has 3 rings (SSSR count). The van der Waals surface area contributed by atoms with Gasteiger partial charge in [-0.1, -0.05) is 12.8 Å². The molecule has 1 aliphatic carbocycles. The molecular weight excluding hydrogens is 272 g/mol. The fourth-order valence-electron chi connectivity index (χ4n) is 3.73. The summed E-state index contributed by atoms with van der Waals surface area (Å²) in [6.07, 6.45) is 8.08. The molecule has 1 aromatic rings. The zero-order chi connectivity index (χ0) is 14.8. The van der Waals surface area contributed by atoms with E-state index < -0.39 is 12.0 Å². The number of carboxylic acids is 1. The molecule has 7 heteroatoms. The summed E-state index contributed by atoms with van der Waals surface area (Å²) in [5.41, 5.74) is 0. The van der Waals surface area contributed by atoms with Crippen molar-refractivity contribution in [2.45, 2.75) is 57.2 Å². The van der Waals surface area contributed by atoms with Crippen molar-refractivity contribution in [1.82, 2.24) is 19.7 Å². The second-order valence-corrected chi connectivity index (χ2v) is 5.91. The first-order valence-electron chi connectivity index (χ1n) is 7.53. The Morgan fingerprint density at radius 2 is 2.10 bits per heavy atom. The van der Waals surface area contributed by atoms with E-state index >= 15 is 0 Å². The summed E-state index contributed by atoms with van der Waals surface area (Å²) in [7, 11) is 0. The standard InChI is InChI=1S/C14H20N4O3/c19-13(5-6-17-9-15-8-16-17)18-11-4-2-1-3-10(11)7-12(18)14(20)21/h8-12H,1-7H2,(H,20,21)/t10-,11+,12-/m0/s1. The molecule has 1 aliphatic heterocycles. The van der Waals surface area contributed by atoms with Gasteiger partial charge in [0.2, 0.25) is 5.91 Å². The van der Waals surface area contributed by atoms with Crippen LogP contribution in [0.4, 0.5) is 0 Å². The van der Waals surface area contributed by atoms with E-state index in [-0.39, 0.29) is 18.4 Å². The number of rotatable bonds is 4. The van der Waals surface area contributed by atoms with Gasteiger partial charge in [-0.05, 0) is 25.2 Å².